The first-order valence-corrected chi connectivity index (χ1v) is 13.2. The second-order valence-corrected chi connectivity index (χ2v) is 10.1. The highest BCUT2D eigenvalue weighted by atomic mass is 32.1. The lowest BCUT2D eigenvalue weighted by Crippen LogP contribution is -2.39. The molecule has 1 aliphatic heterocycles. The van der Waals surface area contributed by atoms with E-state index in [2.05, 4.69) is 4.99 Å². The number of hydrogen-bond donors (Lipinski definition) is 0. The van der Waals surface area contributed by atoms with Crippen LogP contribution in [0.1, 0.15) is 36.8 Å². The van der Waals surface area contributed by atoms with Crippen LogP contribution >= 0.6 is 11.3 Å². The Bertz CT molecular complexity index is 1850. The van der Waals surface area contributed by atoms with Gasteiger partial charge in [-0.05, 0) is 44.5 Å². The molecule has 0 bridgehead atoms. The van der Waals surface area contributed by atoms with Gasteiger partial charge in [0.1, 0.15) is 17.3 Å². The lowest BCUT2D eigenvalue weighted by Gasteiger charge is -2.24. The van der Waals surface area contributed by atoms with Gasteiger partial charge in [-0.2, -0.15) is 0 Å². The van der Waals surface area contributed by atoms with Crippen molar-refractivity contribution >= 4 is 29.1 Å². The molecule has 1 atom stereocenters. The fourth-order valence-corrected chi connectivity index (χ4v) is 5.58. The van der Waals surface area contributed by atoms with Gasteiger partial charge in [0.05, 0.1) is 52.1 Å². The number of fused-ring (bicyclic) bond motifs is 1. The van der Waals surface area contributed by atoms with Gasteiger partial charge in [-0.1, -0.05) is 41.2 Å². The molecule has 0 saturated heterocycles. The van der Waals surface area contributed by atoms with Crippen LogP contribution in [-0.2, 0) is 9.53 Å². The Balaban J connectivity index is 1.61. The molecule has 2 aromatic carbocycles. The van der Waals surface area contributed by atoms with E-state index in [0.717, 1.165) is 11.1 Å². The molecule has 0 N–H and O–H groups in total. The molecular formula is C29H25N3O7S. The van der Waals surface area contributed by atoms with Crippen molar-refractivity contribution in [3.63, 3.8) is 0 Å². The summed E-state index contributed by atoms with van der Waals surface area (Å²) in [4.78, 5) is 42.4. The van der Waals surface area contributed by atoms with Gasteiger partial charge in [-0.15, -0.1) is 0 Å². The van der Waals surface area contributed by atoms with Crippen LogP contribution < -0.4 is 19.6 Å². The number of hydrogen-bond acceptors (Lipinski definition) is 9. The number of carbonyl (C=O) groups excluding carboxylic acids is 1. The van der Waals surface area contributed by atoms with Gasteiger partial charge >= 0.3 is 5.97 Å². The molecule has 0 saturated carbocycles. The molecule has 11 heteroatoms. The summed E-state index contributed by atoms with van der Waals surface area (Å²) >= 11 is 1.19. The van der Waals surface area contributed by atoms with E-state index in [1.54, 1.807) is 38.1 Å². The molecule has 10 nitrogen and oxygen atoms in total. The van der Waals surface area contributed by atoms with E-state index >= 15 is 0 Å². The Morgan fingerprint density at radius 1 is 1.18 bits per heavy atom. The van der Waals surface area contributed by atoms with Gasteiger partial charge in [-0.25, -0.2) is 9.79 Å². The number of esters is 1. The topological polar surface area (TPSA) is 126 Å². The minimum absolute atomic E-state index is 0.103. The van der Waals surface area contributed by atoms with Crippen molar-refractivity contribution in [2.45, 2.75) is 26.8 Å². The number of nitrogens with zero attached hydrogens (tertiary/aromatic N) is 3. The molecule has 0 aliphatic carbocycles. The average molecular weight is 560 g/mol. The molecule has 40 heavy (non-hydrogen) atoms. The summed E-state index contributed by atoms with van der Waals surface area (Å²) in [5.41, 5.74) is 2.72. The van der Waals surface area contributed by atoms with Gasteiger partial charge < -0.3 is 13.9 Å². The Hall–Kier alpha value is -4.77. The summed E-state index contributed by atoms with van der Waals surface area (Å²) < 4.78 is 18.5. The lowest BCUT2D eigenvalue weighted by atomic mass is 9.95. The highest BCUT2D eigenvalue weighted by molar-refractivity contribution is 7.07. The molecule has 4 aromatic rings. The van der Waals surface area contributed by atoms with Gasteiger partial charge in [0.15, 0.2) is 4.80 Å². The molecule has 0 radical (unpaired) electrons. The number of furan rings is 1. The molecule has 2 aromatic heterocycles. The highest BCUT2D eigenvalue weighted by Crippen LogP contribution is 2.34. The number of methoxy groups -OCH3 is 1. The van der Waals surface area contributed by atoms with E-state index < -0.39 is 16.9 Å². The zero-order chi connectivity index (χ0) is 28.6. The number of thiazole rings is 1. The zero-order valence-electron chi connectivity index (χ0n) is 22.2. The quantitative estimate of drug-likeness (QED) is 0.188. The summed E-state index contributed by atoms with van der Waals surface area (Å²) in [5.74, 6) is 0.587. The van der Waals surface area contributed by atoms with Crippen molar-refractivity contribution in [3.8, 4) is 17.1 Å². The van der Waals surface area contributed by atoms with Crippen molar-refractivity contribution in [2.75, 3.05) is 13.7 Å². The number of non-ortho nitro benzene ring substituents is 1. The number of aryl methyl sites for hydroxylation is 1. The number of nitro groups is 1. The van der Waals surface area contributed by atoms with E-state index in [0.29, 0.717) is 37.7 Å². The third kappa shape index (κ3) is 4.87. The summed E-state index contributed by atoms with van der Waals surface area (Å²) in [6.07, 6.45) is 1.61. The summed E-state index contributed by atoms with van der Waals surface area (Å²) in [5, 5.41) is 11.1. The molecule has 0 spiro atoms. The molecule has 5 rings (SSSR count). The van der Waals surface area contributed by atoms with E-state index in [4.69, 9.17) is 13.9 Å². The normalized spacial score (nSPS) is 15.0. The molecule has 3 heterocycles. The summed E-state index contributed by atoms with van der Waals surface area (Å²) in [6.45, 7) is 5.63. The number of benzene rings is 2. The third-order valence-electron chi connectivity index (χ3n) is 6.47. The van der Waals surface area contributed by atoms with Crippen molar-refractivity contribution < 1.29 is 23.6 Å². The van der Waals surface area contributed by atoms with Crippen LogP contribution in [0.3, 0.4) is 0 Å². The lowest BCUT2D eigenvalue weighted by molar-refractivity contribution is -0.384. The molecule has 0 fully saturated rings. The van der Waals surface area contributed by atoms with Crippen molar-refractivity contribution in [1.29, 1.82) is 0 Å². The largest absolute Gasteiger partial charge is 0.496 e. The first-order valence-electron chi connectivity index (χ1n) is 12.4. The minimum atomic E-state index is -0.699. The van der Waals surface area contributed by atoms with Gasteiger partial charge in [-0.3, -0.25) is 19.5 Å². The number of aromatic nitrogens is 1. The zero-order valence-corrected chi connectivity index (χ0v) is 23.0. The average Bonchev–Trinajstić information content (AvgIpc) is 3.52. The van der Waals surface area contributed by atoms with Crippen LogP contribution in [0.5, 0.6) is 5.75 Å². The molecule has 1 aliphatic rings. The predicted molar refractivity (Wildman–Crippen MR) is 149 cm³/mol. The first kappa shape index (κ1) is 26.8. The maximum Gasteiger partial charge on any atom is 0.338 e. The highest BCUT2D eigenvalue weighted by Gasteiger charge is 2.33. The molecular weight excluding hydrogens is 534 g/mol. The fourth-order valence-electron chi connectivity index (χ4n) is 4.56. The molecule has 0 unspecified atom stereocenters. The standard InChI is InChI=1S/C29H25N3O7S/c1-5-38-28(34)25-17(3)30-29-31(26(25)18-8-6-16(2)7-9-18)27(33)24(40-29)15-20-11-13-22(39-20)21-12-10-19(32(35)36)14-23(21)37-4/h6-15,26H,5H2,1-4H3/b24-15-/t26-/m1/s1. The van der Waals surface area contributed by atoms with Crippen LogP contribution in [0.4, 0.5) is 5.69 Å². The fraction of sp³-hybridized carbons (Fsp3) is 0.207. The Morgan fingerprint density at radius 2 is 1.93 bits per heavy atom. The Morgan fingerprint density at radius 3 is 2.60 bits per heavy atom. The van der Waals surface area contributed by atoms with Crippen molar-refractivity contribution in [1.82, 2.24) is 4.57 Å². The monoisotopic (exact) mass is 559 g/mol. The number of rotatable bonds is 7. The number of allylic oxidation sites excluding steroid dienone is 1. The van der Waals surface area contributed by atoms with Crippen molar-refractivity contribution in [3.05, 3.63) is 113 Å². The smallest absolute Gasteiger partial charge is 0.338 e. The number of carbonyl (C=O) groups is 1. The Labute approximate surface area is 232 Å². The van der Waals surface area contributed by atoms with Crippen LogP contribution in [0.15, 0.2) is 80.1 Å². The van der Waals surface area contributed by atoms with Crippen LogP contribution in [0, 0.1) is 17.0 Å². The van der Waals surface area contributed by atoms with Gasteiger partial charge in [0, 0.05) is 12.1 Å². The first-order chi connectivity index (χ1) is 19.2. The summed E-state index contributed by atoms with van der Waals surface area (Å²) in [6, 6.07) is 14.6. The summed E-state index contributed by atoms with van der Waals surface area (Å²) in [7, 11) is 1.42. The van der Waals surface area contributed by atoms with Crippen LogP contribution in [0.25, 0.3) is 17.4 Å². The van der Waals surface area contributed by atoms with E-state index in [9.17, 15) is 19.7 Å². The molecule has 204 valence electrons. The predicted octanol–water partition coefficient (Wildman–Crippen LogP) is 4.28. The third-order valence-corrected chi connectivity index (χ3v) is 7.45. The number of ether oxygens (including phenoxy) is 2. The Kier molecular flexibility index (Phi) is 7.22. The molecule has 0 amide bonds. The van der Waals surface area contributed by atoms with E-state index in [1.807, 2.05) is 31.2 Å². The van der Waals surface area contributed by atoms with E-state index in [1.165, 1.54) is 35.1 Å². The second-order valence-electron chi connectivity index (χ2n) is 9.06. The maximum atomic E-state index is 13.8. The maximum absolute atomic E-state index is 13.8. The SMILES string of the molecule is CCOC(=O)C1=C(C)N=c2s/c(=C\c3ccc(-c4ccc([N+](=O)[O-])cc4OC)o3)c(=O)n2[C@@H]1c1ccc(C)cc1. The van der Waals surface area contributed by atoms with E-state index in [-0.39, 0.29) is 23.6 Å². The van der Waals surface area contributed by atoms with Crippen LogP contribution in [-0.4, -0.2) is 29.2 Å². The van der Waals surface area contributed by atoms with Crippen molar-refractivity contribution in [2.24, 2.45) is 4.99 Å². The van der Waals surface area contributed by atoms with Gasteiger partial charge in [0.2, 0.25) is 0 Å². The minimum Gasteiger partial charge on any atom is -0.496 e. The second kappa shape index (κ2) is 10.8. The number of nitro benzene ring substituents is 1. The van der Waals surface area contributed by atoms with Gasteiger partial charge in [0.25, 0.3) is 11.2 Å². The van der Waals surface area contributed by atoms with Crippen LogP contribution in [0.2, 0.25) is 0 Å².